The van der Waals surface area contributed by atoms with Gasteiger partial charge in [-0.1, -0.05) is 0 Å². The Morgan fingerprint density at radius 1 is 1.30 bits per heavy atom. The second kappa shape index (κ2) is 6.09. The van der Waals surface area contributed by atoms with Crippen LogP contribution in [-0.4, -0.2) is 45.8 Å². The first kappa shape index (κ1) is 17.7. The quantitative estimate of drug-likeness (QED) is 0.658. The zero-order chi connectivity index (χ0) is 17.4. The van der Waals surface area contributed by atoms with E-state index in [4.69, 9.17) is 0 Å². The summed E-state index contributed by atoms with van der Waals surface area (Å²) < 4.78 is 51.8. The van der Waals surface area contributed by atoms with E-state index in [0.717, 1.165) is 12.1 Å². The predicted molar refractivity (Wildman–Crippen MR) is 73.6 cm³/mol. The molecule has 1 fully saturated rings. The maximum atomic E-state index is 13.5. The lowest BCUT2D eigenvalue weighted by atomic mass is 9.90. The molecule has 1 aromatic carbocycles. The number of benzene rings is 1. The van der Waals surface area contributed by atoms with Gasteiger partial charge in [0.2, 0.25) is 0 Å². The number of aromatic hydroxyl groups is 1. The molecule has 8 heteroatoms. The third kappa shape index (κ3) is 3.64. The number of alkyl halides is 3. The summed E-state index contributed by atoms with van der Waals surface area (Å²) in [6.45, 7) is 1.07. The van der Waals surface area contributed by atoms with Gasteiger partial charge in [-0.05, 0) is 31.9 Å². The maximum absolute atomic E-state index is 13.5. The molecule has 0 bridgehead atoms. The van der Waals surface area contributed by atoms with Crippen molar-refractivity contribution in [2.24, 2.45) is 0 Å². The molecule has 2 N–H and O–H groups in total. The normalized spacial score (nSPS) is 18.9. The van der Waals surface area contributed by atoms with Crippen molar-refractivity contribution in [2.45, 2.75) is 38.1 Å². The van der Waals surface area contributed by atoms with Gasteiger partial charge in [-0.25, -0.2) is 4.39 Å². The number of phenols is 1. The summed E-state index contributed by atoms with van der Waals surface area (Å²) in [5.41, 5.74) is -2.74. The minimum absolute atomic E-state index is 0.00217. The van der Waals surface area contributed by atoms with Gasteiger partial charge < -0.3 is 10.2 Å². The van der Waals surface area contributed by atoms with Gasteiger partial charge in [0, 0.05) is 25.2 Å². The molecular formula is C15H17F4NO3. The molecule has 0 atom stereocenters. The third-order valence-corrected chi connectivity index (χ3v) is 4.14. The van der Waals surface area contributed by atoms with Crippen LogP contribution in [0.2, 0.25) is 0 Å². The van der Waals surface area contributed by atoms with Crippen molar-refractivity contribution in [3.63, 3.8) is 0 Å². The first-order valence-electron chi connectivity index (χ1n) is 7.07. The molecule has 0 saturated carbocycles. The van der Waals surface area contributed by atoms with Crippen molar-refractivity contribution in [3.8, 4) is 5.75 Å². The standard InChI is InChI=1S/C15H17F4NO3/c1-9(21)12-7-11(16)6-10(13(12)22)8-20-4-2-14(23,3-5-20)15(17,18)19/h6-7,22-23H,2-5,8H2,1H3. The summed E-state index contributed by atoms with van der Waals surface area (Å²) in [4.78, 5) is 12.9. The number of rotatable bonds is 3. The van der Waals surface area contributed by atoms with E-state index < -0.39 is 36.2 Å². The first-order chi connectivity index (χ1) is 10.5. The van der Waals surface area contributed by atoms with E-state index in [1.807, 2.05) is 0 Å². The molecular weight excluding hydrogens is 318 g/mol. The van der Waals surface area contributed by atoms with Crippen molar-refractivity contribution < 1.29 is 32.6 Å². The first-order valence-corrected chi connectivity index (χ1v) is 7.07. The molecule has 1 aliphatic heterocycles. The minimum atomic E-state index is -4.69. The molecule has 2 rings (SSSR count). The van der Waals surface area contributed by atoms with Crippen LogP contribution >= 0.6 is 0 Å². The predicted octanol–water partition coefficient (Wildman–Crippen LogP) is 2.62. The number of hydrogen-bond acceptors (Lipinski definition) is 4. The number of halogens is 4. The number of carbonyl (C=O) groups is 1. The van der Waals surface area contributed by atoms with Crippen molar-refractivity contribution in [1.82, 2.24) is 4.90 Å². The Labute approximate surface area is 130 Å². The van der Waals surface area contributed by atoms with Crippen LogP contribution in [0.5, 0.6) is 5.75 Å². The number of phenolic OH excluding ortho intramolecular Hbond substituents is 1. The monoisotopic (exact) mass is 335 g/mol. The maximum Gasteiger partial charge on any atom is 0.417 e. The minimum Gasteiger partial charge on any atom is -0.507 e. The van der Waals surface area contributed by atoms with Gasteiger partial charge in [-0.2, -0.15) is 13.2 Å². The molecule has 1 saturated heterocycles. The van der Waals surface area contributed by atoms with Crippen molar-refractivity contribution >= 4 is 5.78 Å². The van der Waals surface area contributed by atoms with Crippen molar-refractivity contribution in [3.05, 3.63) is 29.1 Å². The Morgan fingerprint density at radius 3 is 2.35 bits per heavy atom. The summed E-state index contributed by atoms with van der Waals surface area (Å²) in [6, 6.07) is 1.96. The number of hydrogen-bond donors (Lipinski definition) is 2. The number of aliphatic hydroxyl groups is 1. The molecule has 0 radical (unpaired) electrons. The number of ketones is 1. The molecule has 1 aliphatic rings. The van der Waals surface area contributed by atoms with Crippen LogP contribution in [0, 0.1) is 5.82 Å². The lowest BCUT2D eigenvalue weighted by Gasteiger charge is -2.39. The van der Waals surface area contributed by atoms with E-state index in [0.29, 0.717) is 0 Å². The molecule has 0 aliphatic carbocycles. The van der Waals surface area contributed by atoms with E-state index in [2.05, 4.69) is 0 Å². The molecule has 4 nitrogen and oxygen atoms in total. The number of carbonyl (C=O) groups excluding carboxylic acids is 1. The number of Topliss-reactive ketones (excluding diaryl/α,β-unsaturated/α-hetero) is 1. The van der Waals surface area contributed by atoms with Crippen molar-refractivity contribution in [2.75, 3.05) is 13.1 Å². The van der Waals surface area contributed by atoms with Gasteiger partial charge in [0.1, 0.15) is 11.6 Å². The highest BCUT2D eigenvalue weighted by Crippen LogP contribution is 2.39. The third-order valence-electron chi connectivity index (χ3n) is 4.14. The highest BCUT2D eigenvalue weighted by molar-refractivity contribution is 5.97. The molecule has 0 amide bonds. The highest BCUT2D eigenvalue weighted by Gasteiger charge is 2.54. The van der Waals surface area contributed by atoms with E-state index in [1.165, 1.54) is 6.92 Å². The van der Waals surface area contributed by atoms with Gasteiger partial charge >= 0.3 is 6.18 Å². The molecule has 128 valence electrons. The Bertz CT molecular complexity index is 607. The second-order valence-electron chi connectivity index (χ2n) is 5.82. The largest absolute Gasteiger partial charge is 0.507 e. The number of piperidine rings is 1. The molecule has 0 unspecified atom stereocenters. The number of nitrogens with zero attached hydrogens (tertiary/aromatic N) is 1. The Morgan fingerprint density at radius 2 is 1.87 bits per heavy atom. The smallest absolute Gasteiger partial charge is 0.417 e. The van der Waals surface area contributed by atoms with Crippen LogP contribution in [0.15, 0.2) is 12.1 Å². The van der Waals surface area contributed by atoms with E-state index in [1.54, 1.807) is 4.90 Å². The molecule has 0 spiro atoms. The van der Waals surface area contributed by atoms with Crippen LogP contribution in [-0.2, 0) is 6.54 Å². The fourth-order valence-electron chi connectivity index (χ4n) is 2.65. The summed E-state index contributed by atoms with van der Waals surface area (Å²) in [5.74, 6) is -1.57. The summed E-state index contributed by atoms with van der Waals surface area (Å²) >= 11 is 0. The molecule has 1 aromatic rings. The number of likely N-dealkylation sites (tertiary alicyclic amines) is 1. The van der Waals surface area contributed by atoms with Gasteiger partial charge in [0.05, 0.1) is 5.56 Å². The van der Waals surface area contributed by atoms with Gasteiger partial charge in [-0.15, -0.1) is 0 Å². The van der Waals surface area contributed by atoms with Crippen LogP contribution < -0.4 is 0 Å². The molecule has 0 aromatic heterocycles. The van der Waals surface area contributed by atoms with E-state index in [-0.39, 0.29) is 36.5 Å². The second-order valence-corrected chi connectivity index (χ2v) is 5.82. The van der Waals surface area contributed by atoms with Crippen LogP contribution in [0.1, 0.15) is 35.7 Å². The summed E-state index contributed by atoms with van der Waals surface area (Å²) in [7, 11) is 0. The summed E-state index contributed by atoms with van der Waals surface area (Å²) in [6.07, 6.45) is -5.68. The Hall–Kier alpha value is -1.67. The van der Waals surface area contributed by atoms with Gasteiger partial charge in [-0.3, -0.25) is 9.69 Å². The highest BCUT2D eigenvalue weighted by atomic mass is 19.4. The topological polar surface area (TPSA) is 60.8 Å². The lowest BCUT2D eigenvalue weighted by molar-refractivity contribution is -0.272. The fraction of sp³-hybridized carbons (Fsp3) is 0.533. The van der Waals surface area contributed by atoms with Crippen LogP contribution in [0.25, 0.3) is 0 Å². The van der Waals surface area contributed by atoms with E-state index >= 15 is 0 Å². The average Bonchev–Trinajstić information content (AvgIpc) is 2.43. The van der Waals surface area contributed by atoms with Crippen LogP contribution in [0.3, 0.4) is 0 Å². The van der Waals surface area contributed by atoms with Gasteiger partial charge in [0.25, 0.3) is 0 Å². The molecule has 1 heterocycles. The molecule has 23 heavy (non-hydrogen) atoms. The van der Waals surface area contributed by atoms with Gasteiger partial charge in [0.15, 0.2) is 11.4 Å². The average molecular weight is 335 g/mol. The zero-order valence-corrected chi connectivity index (χ0v) is 12.5. The Balaban J connectivity index is 2.12. The summed E-state index contributed by atoms with van der Waals surface area (Å²) in [5, 5.41) is 19.6. The van der Waals surface area contributed by atoms with Crippen molar-refractivity contribution in [1.29, 1.82) is 0 Å². The van der Waals surface area contributed by atoms with Crippen LogP contribution in [0.4, 0.5) is 17.6 Å². The SMILES string of the molecule is CC(=O)c1cc(F)cc(CN2CCC(O)(C(F)(F)F)CC2)c1O. The zero-order valence-electron chi connectivity index (χ0n) is 12.5. The fourth-order valence-corrected chi connectivity index (χ4v) is 2.65. The van der Waals surface area contributed by atoms with E-state index in [9.17, 15) is 32.6 Å². The lowest BCUT2D eigenvalue weighted by Crippen LogP contribution is -2.53. The Kier molecular flexibility index (Phi) is 4.68.